The van der Waals surface area contributed by atoms with Crippen LogP contribution in [0.25, 0.3) is 0 Å². The zero-order valence-corrected chi connectivity index (χ0v) is 18.9. The summed E-state index contributed by atoms with van der Waals surface area (Å²) in [5.74, 6) is 0.530. The summed E-state index contributed by atoms with van der Waals surface area (Å²) < 4.78 is 21.5. The van der Waals surface area contributed by atoms with Crippen LogP contribution in [0.15, 0.2) is 42.5 Å². The van der Waals surface area contributed by atoms with E-state index < -0.39 is 11.4 Å². The van der Waals surface area contributed by atoms with E-state index in [0.717, 1.165) is 24.2 Å². The lowest BCUT2D eigenvalue weighted by Gasteiger charge is -2.36. The molecule has 1 aliphatic rings. The number of benzene rings is 2. The SMILES string of the molecule is CCCCOc1ccc(NC(=O)C2(c3ccc(OC)cc3)CCOCC2)cc1C(=O)OC. The number of anilines is 1. The quantitative estimate of drug-likeness (QED) is 0.460. The molecule has 0 unspecified atom stereocenters. The van der Waals surface area contributed by atoms with Crippen molar-refractivity contribution >= 4 is 17.6 Å². The van der Waals surface area contributed by atoms with Gasteiger partial charge in [-0.25, -0.2) is 4.79 Å². The van der Waals surface area contributed by atoms with Gasteiger partial charge in [-0.3, -0.25) is 4.79 Å². The molecule has 0 aliphatic carbocycles. The van der Waals surface area contributed by atoms with E-state index in [1.807, 2.05) is 24.3 Å². The minimum atomic E-state index is -0.730. The Hall–Kier alpha value is -3.06. The average Bonchev–Trinajstić information content (AvgIpc) is 2.84. The van der Waals surface area contributed by atoms with Crippen molar-refractivity contribution in [3.63, 3.8) is 0 Å². The first kappa shape index (κ1) is 23.6. The Morgan fingerprint density at radius 3 is 2.41 bits per heavy atom. The van der Waals surface area contributed by atoms with E-state index in [1.165, 1.54) is 7.11 Å². The Balaban J connectivity index is 1.87. The first-order valence-electron chi connectivity index (χ1n) is 10.9. The van der Waals surface area contributed by atoms with E-state index in [4.69, 9.17) is 18.9 Å². The fourth-order valence-corrected chi connectivity index (χ4v) is 3.86. The van der Waals surface area contributed by atoms with Gasteiger partial charge in [0.05, 0.1) is 26.2 Å². The molecule has 7 nitrogen and oxygen atoms in total. The lowest BCUT2D eigenvalue weighted by atomic mass is 9.73. The van der Waals surface area contributed by atoms with Gasteiger partial charge in [-0.15, -0.1) is 0 Å². The topological polar surface area (TPSA) is 83.1 Å². The van der Waals surface area contributed by atoms with Gasteiger partial charge in [-0.1, -0.05) is 25.5 Å². The van der Waals surface area contributed by atoms with Crippen LogP contribution in [0.2, 0.25) is 0 Å². The summed E-state index contributed by atoms with van der Waals surface area (Å²) in [7, 11) is 2.94. The zero-order chi connectivity index (χ0) is 23.0. The predicted octanol–water partition coefficient (Wildman–Crippen LogP) is 4.35. The van der Waals surface area contributed by atoms with E-state index in [-0.39, 0.29) is 11.5 Å². The van der Waals surface area contributed by atoms with Crippen LogP contribution in [0.3, 0.4) is 0 Å². The number of hydrogen-bond donors (Lipinski definition) is 1. The normalized spacial score (nSPS) is 15.0. The third kappa shape index (κ3) is 5.22. The molecule has 0 aromatic heterocycles. The number of ether oxygens (including phenoxy) is 4. The smallest absolute Gasteiger partial charge is 0.341 e. The van der Waals surface area contributed by atoms with Gasteiger partial charge in [0.1, 0.15) is 17.1 Å². The minimum absolute atomic E-state index is 0.138. The summed E-state index contributed by atoms with van der Waals surface area (Å²) in [6.45, 7) is 3.57. The summed E-state index contributed by atoms with van der Waals surface area (Å²) >= 11 is 0. The van der Waals surface area contributed by atoms with E-state index in [1.54, 1.807) is 25.3 Å². The van der Waals surface area contributed by atoms with Gasteiger partial charge in [-0.05, 0) is 55.2 Å². The van der Waals surface area contributed by atoms with Crippen LogP contribution < -0.4 is 14.8 Å². The van der Waals surface area contributed by atoms with Gasteiger partial charge in [-0.2, -0.15) is 0 Å². The van der Waals surface area contributed by atoms with Crippen molar-refractivity contribution in [2.24, 2.45) is 0 Å². The molecule has 2 aromatic carbocycles. The maximum atomic E-state index is 13.5. The van der Waals surface area contributed by atoms with Crippen LogP contribution in [-0.4, -0.2) is 45.9 Å². The molecule has 0 radical (unpaired) electrons. The Morgan fingerprint density at radius 2 is 1.78 bits per heavy atom. The number of carbonyl (C=O) groups is 2. The summed E-state index contributed by atoms with van der Waals surface area (Å²) in [5.41, 5.74) is 0.975. The minimum Gasteiger partial charge on any atom is -0.497 e. The fourth-order valence-electron chi connectivity index (χ4n) is 3.86. The van der Waals surface area contributed by atoms with Crippen LogP contribution in [0.1, 0.15) is 48.5 Å². The van der Waals surface area contributed by atoms with E-state index in [9.17, 15) is 9.59 Å². The molecule has 1 N–H and O–H groups in total. The van der Waals surface area contributed by atoms with Gasteiger partial charge in [0.15, 0.2) is 0 Å². The molecular formula is C25H31NO6. The van der Waals surface area contributed by atoms with Crippen LogP contribution >= 0.6 is 0 Å². The molecule has 1 heterocycles. The number of methoxy groups -OCH3 is 2. The molecule has 1 aliphatic heterocycles. The van der Waals surface area contributed by atoms with E-state index >= 15 is 0 Å². The van der Waals surface area contributed by atoms with Crippen molar-refractivity contribution in [1.29, 1.82) is 0 Å². The number of amides is 1. The van der Waals surface area contributed by atoms with Gasteiger partial charge < -0.3 is 24.3 Å². The van der Waals surface area contributed by atoms with Crippen LogP contribution in [0.5, 0.6) is 11.5 Å². The maximum Gasteiger partial charge on any atom is 0.341 e. The molecule has 0 spiro atoms. The number of unbranched alkanes of at least 4 members (excludes halogenated alkanes) is 1. The van der Waals surface area contributed by atoms with Gasteiger partial charge in [0, 0.05) is 18.9 Å². The second-order valence-electron chi connectivity index (χ2n) is 7.78. The third-order valence-electron chi connectivity index (χ3n) is 5.82. The second-order valence-corrected chi connectivity index (χ2v) is 7.78. The van der Waals surface area contributed by atoms with Crippen molar-refractivity contribution in [2.45, 2.75) is 38.0 Å². The molecule has 32 heavy (non-hydrogen) atoms. The predicted molar refractivity (Wildman–Crippen MR) is 122 cm³/mol. The largest absolute Gasteiger partial charge is 0.497 e. The Morgan fingerprint density at radius 1 is 1.06 bits per heavy atom. The number of rotatable bonds is 9. The zero-order valence-electron chi connectivity index (χ0n) is 18.9. The highest BCUT2D eigenvalue weighted by molar-refractivity contribution is 6.01. The van der Waals surface area contributed by atoms with Crippen molar-refractivity contribution in [1.82, 2.24) is 0 Å². The maximum absolute atomic E-state index is 13.5. The number of nitrogens with one attached hydrogen (secondary N) is 1. The Kier molecular flexibility index (Phi) is 8.11. The molecule has 1 amide bonds. The summed E-state index contributed by atoms with van der Waals surface area (Å²) in [4.78, 5) is 25.9. The van der Waals surface area contributed by atoms with Crippen molar-refractivity contribution in [3.8, 4) is 11.5 Å². The van der Waals surface area contributed by atoms with Crippen LogP contribution in [-0.2, 0) is 19.7 Å². The molecule has 0 atom stereocenters. The summed E-state index contributed by atoms with van der Waals surface area (Å²) in [6.07, 6.45) is 2.99. The molecule has 7 heteroatoms. The van der Waals surface area contributed by atoms with Gasteiger partial charge >= 0.3 is 5.97 Å². The van der Waals surface area contributed by atoms with Crippen molar-refractivity contribution in [3.05, 3.63) is 53.6 Å². The molecule has 3 rings (SSSR count). The molecule has 0 bridgehead atoms. The Bertz CT molecular complexity index is 919. The lowest BCUT2D eigenvalue weighted by molar-refractivity contribution is -0.125. The molecule has 1 fully saturated rings. The lowest BCUT2D eigenvalue weighted by Crippen LogP contribution is -2.44. The fraction of sp³-hybridized carbons (Fsp3) is 0.440. The van der Waals surface area contributed by atoms with Crippen LogP contribution in [0.4, 0.5) is 5.69 Å². The second kappa shape index (κ2) is 11.0. The van der Waals surface area contributed by atoms with Gasteiger partial charge in [0.25, 0.3) is 0 Å². The summed E-state index contributed by atoms with van der Waals surface area (Å²) in [6, 6.07) is 12.6. The molecule has 172 valence electrons. The molecule has 2 aromatic rings. The summed E-state index contributed by atoms with van der Waals surface area (Å²) in [5, 5.41) is 3.00. The highest BCUT2D eigenvalue weighted by Crippen LogP contribution is 2.37. The third-order valence-corrected chi connectivity index (χ3v) is 5.82. The van der Waals surface area contributed by atoms with Gasteiger partial charge in [0.2, 0.25) is 5.91 Å². The first-order chi connectivity index (χ1) is 15.5. The number of carbonyl (C=O) groups excluding carboxylic acids is 2. The van der Waals surface area contributed by atoms with Crippen molar-refractivity contribution in [2.75, 3.05) is 39.4 Å². The molecule has 0 saturated carbocycles. The highest BCUT2D eigenvalue weighted by Gasteiger charge is 2.41. The monoisotopic (exact) mass is 441 g/mol. The number of hydrogen-bond acceptors (Lipinski definition) is 6. The van der Waals surface area contributed by atoms with E-state index in [2.05, 4.69) is 12.2 Å². The van der Waals surface area contributed by atoms with Crippen LogP contribution in [0, 0.1) is 0 Å². The average molecular weight is 442 g/mol. The van der Waals surface area contributed by atoms with Crippen molar-refractivity contribution < 1.29 is 28.5 Å². The molecular weight excluding hydrogens is 410 g/mol. The highest BCUT2D eigenvalue weighted by atomic mass is 16.5. The standard InChI is InChI=1S/C25H31NO6/c1-4-5-14-32-22-11-8-19(17-21(22)23(27)30-3)26-24(28)25(12-15-31-16-13-25)18-6-9-20(29-2)10-7-18/h6-11,17H,4-5,12-16H2,1-3H3,(H,26,28). The Labute approximate surface area is 189 Å². The molecule has 1 saturated heterocycles. The first-order valence-corrected chi connectivity index (χ1v) is 10.9. The number of esters is 1. The van der Waals surface area contributed by atoms with E-state index in [0.29, 0.717) is 44.1 Å².